The first-order valence-corrected chi connectivity index (χ1v) is 12.4. The largest absolute Gasteiger partial charge is 0.339 e. The summed E-state index contributed by atoms with van der Waals surface area (Å²) in [4.78, 5) is 20.3. The molecule has 5 nitrogen and oxygen atoms in total. The zero-order valence-corrected chi connectivity index (χ0v) is 21.0. The maximum Gasteiger partial charge on any atom is 0.254 e. The van der Waals surface area contributed by atoms with Crippen molar-refractivity contribution >= 4 is 29.2 Å². The van der Waals surface area contributed by atoms with Gasteiger partial charge in [-0.3, -0.25) is 4.79 Å². The van der Waals surface area contributed by atoms with Crippen molar-refractivity contribution in [3.63, 3.8) is 0 Å². The number of aryl methyl sites for hydroxylation is 2. The summed E-state index contributed by atoms with van der Waals surface area (Å²) in [6, 6.07) is 7.69. The molecule has 0 atom stereocenters. The van der Waals surface area contributed by atoms with Gasteiger partial charge in [-0.25, -0.2) is 4.98 Å². The molecule has 1 aliphatic heterocycles. The molecule has 1 aliphatic rings. The van der Waals surface area contributed by atoms with Gasteiger partial charge in [-0.15, -0.1) is 0 Å². The number of fused-ring (bicyclic) bond motifs is 1. The van der Waals surface area contributed by atoms with Crippen LogP contribution in [0.3, 0.4) is 0 Å². The van der Waals surface area contributed by atoms with Crippen molar-refractivity contribution in [3.05, 3.63) is 75.2 Å². The van der Waals surface area contributed by atoms with E-state index in [-0.39, 0.29) is 5.91 Å². The highest BCUT2D eigenvalue weighted by Gasteiger charge is 2.26. The van der Waals surface area contributed by atoms with Crippen LogP contribution in [0.2, 0.25) is 5.02 Å². The first kappa shape index (κ1) is 24.0. The molecule has 1 amide bonds. The van der Waals surface area contributed by atoms with E-state index in [4.69, 9.17) is 16.6 Å². The number of rotatable bonds is 6. The number of hydrogen-bond donors (Lipinski definition) is 0. The lowest BCUT2D eigenvalue weighted by Crippen LogP contribution is -2.38. The number of nitriles is 1. The SMILES string of the molecule is C=Cc1c(C(=O)N2CCC(CCC)CC2)ccc(Cl)c1Cc1nc2c(C)cc(C#N)cn2c1C. The van der Waals surface area contributed by atoms with Gasteiger partial charge in [0.25, 0.3) is 5.91 Å². The number of carbonyl (C=O) groups is 1. The highest BCUT2D eigenvalue weighted by Crippen LogP contribution is 2.31. The molecule has 0 saturated carbocycles. The highest BCUT2D eigenvalue weighted by atomic mass is 35.5. The van der Waals surface area contributed by atoms with Gasteiger partial charge in [0.1, 0.15) is 11.7 Å². The van der Waals surface area contributed by atoms with Crippen LogP contribution >= 0.6 is 11.6 Å². The standard InChI is InChI=1S/C28H31ClN4O/c1-5-7-20-10-12-32(13-11-20)28(34)23-8-9-25(29)24(22(23)6-2)15-26-19(4)33-17-21(16-30)14-18(3)27(33)31-26/h6,8-9,14,17,20H,2,5,7,10-13,15H2,1,3-4H3. The van der Waals surface area contributed by atoms with Gasteiger partial charge < -0.3 is 9.30 Å². The lowest BCUT2D eigenvalue weighted by atomic mass is 9.91. The summed E-state index contributed by atoms with van der Waals surface area (Å²) < 4.78 is 1.96. The van der Waals surface area contributed by atoms with Crippen LogP contribution in [0.4, 0.5) is 0 Å². The van der Waals surface area contributed by atoms with E-state index in [0.29, 0.717) is 22.6 Å². The summed E-state index contributed by atoms with van der Waals surface area (Å²) in [6.07, 6.45) is 8.59. The van der Waals surface area contributed by atoms with Crippen LogP contribution in [-0.2, 0) is 6.42 Å². The maximum absolute atomic E-state index is 13.5. The molecule has 1 fully saturated rings. The van der Waals surface area contributed by atoms with Crippen LogP contribution in [0, 0.1) is 31.1 Å². The van der Waals surface area contributed by atoms with Crippen LogP contribution in [0.5, 0.6) is 0 Å². The molecule has 3 heterocycles. The topological polar surface area (TPSA) is 61.4 Å². The number of imidazole rings is 1. The molecule has 3 aromatic rings. The minimum Gasteiger partial charge on any atom is -0.339 e. The summed E-state index contributed by atoms with van der Waals surface area (Å²) >= 11 is 6.65. The number of piperidine rings is 1. The summed E-state index contributed by atoms with van der Waals surface area (Å²) in [6.45, 7) is 11.8. The van der Waals surface area contributed by atoms with Gasteiger partial charge in [-0.1, -0.05) is 44.0 Å². The number of aromatic nitrogens is 2. The van der Waals surface area contributed by atoms with Gasteiger partial charge >= 0.3 is 0 Å². The molecule has 0 N–H and O–H groups in total. The molecule has 34 heavy (non-hydrogen) atoms. The fourth-order valence-electron chi connectivity index (χ4n) is 5.11. The molecule has 0 unspecified atom stereocenters. The number of carbonyl (C=O) groups excluding carboxylic acids is 1. The average Bonchev–Trinajstić information content (AvgIpc) is 3.16. The molecule has 0 radical (unpaired) electrons. The molecule has 4 rings (SSSR count). The molecule has 6 heteroatoms. The van der Waals surface area contributed by atoms with Gasteiger partial charge in [0.05, 0.1) is 11.3 Å². The third-order valence-corrected chi connectivity index (χ3v) is 7.40. The van der Waals surface area contributed by atoms with Crippen molar-refractivity contribution in [1.82, 2.24) is 14.3 Å². The van der Waals surface area contributed by atoms with E-state index in [0.717, 1.165) is 65.6 Å². The number of amides is 1. The van der Waals surface area contributed by atoms with Crippen molar-refractivity contribution < 1.29 is 4.79 Å². The lowest BCUT2D eigenvalue weighted by Gasteiger charge is -2.32. The Balaban J connectivity index is 1.68. The van der Waals surface area contributed by atoms with E-state index in [1.54, 1.807) is 6.08 Å². The normalized spacial score (nSPS) is 14.4. The van der Waals surface area contributed by atoms with Crippen LogP contribution in [0.1, 0.15) is 76.6 Å². The van der Waals surface area contributed by atoms with Crippen molar-refractivity contribution in [2.45, 2.75) is 52.9 Å². The Hall–Kier alpha value is -3.10. The Bertz CT molecular complexity index is 1290. The molecule has 0 bridgehead atoms. The van der Waals surface area contributed by atoms with E-state index >= 15 is 0 Å². The Labute approximate surface area is 206 Å². The second-order valence-electron chi connectivity index (χ2n) is 9.25. The van der Waals surface area contributed by atoms with Crippen LogP contribution in [-0.4, -0.2) is 33.3 Å². The van der Waals surface area contributed by atoms with Gasteiger partial charge in [-0.2, -0.15) is 5.26 Å². The van der Waals surface area contributed by atoms with E-state index in [9.17, 15) is 10.1 Å². The Kier molecular flexibility index (Phi) is 7.09. The Morgan fingerprint density at radius 2 is 2.06 bits per heavy atom. The minimum absolute atomic E-state index is 0.0454. The average molecular weight is 475 g/mol. The number of pyridine rings is 1. The minimum atomic E-state index is 0.0454. The number of halogens is 1. The first-order chi connectivity index (χ1) is 16.4. The van der Waals surface area contributed by atoms with Crippen LogP contribution < -0.4 is 0 Å². The molecule has 2 aromatic heterocycles. The molecular weight excluding hydrogens is 444 g/mol. The summed E-state index contributed by atoms with van der Waals surface area (Å²) in [7, 11) is 0. The van der Waals surface area contributed by atoms with Crippen LogP contribution in [0.15, 0.2) is 31.0 Å². The summed E-state index contributed by atoms with van der Waals surface area (Å²) in [5.74, 6) is 0.765. The van der Waals surface area contributed by atoms with Crippen molar-refractivity contribution in [2.24, 2.45) is 5.92 Å². The van der Waals surface area contributed by atoms with Gasteiger partial charge in [0.15, 0.2) is 0 Å². The van der Waals surface area contributed by atoms with Crippen molar-refractivity contribution in [1.29, 1.82) is 5.26 Å². The Morgan fingerprint density at radius 3 is 2.71 bits per heavy atom. The fraction of sp³-hybridized carbons (Fsp3) is 0.393. The zero-order valence-electron chi connectivity index (χ0n) is 20.2. The third-order valence-electron chi connectivity index (χ3n) is 7.05. The molecule has 1 aromatic carbocycles. The summed E-state index contributed by atoms with van der Waals surface area (Å²) in [5, 5.41) is 9.94. The number of hydrogen-bond acceptors (Lipinski definition) is 3. The van der Waals surface area contributed by atoms with E-state index in [1.807, 2.05) is 47.5 Å². The summed E-state index contributed by atoms with van der Waals surface area (Å²) in [5.41, 5.74) is 6.46. The van der Waals surface area contributed by atoms with Crippen LogP contribution in [0.25, 0.3) is 11.7 Å². The quantitative estimate of drug-likeness (QED) is 0.417. The van der Waals surface area contributed by atoms with E-state index < -0.39 is 0 Å². The zero-order chi connectivity index (χ0) is 24.4. The van der Waals surface area contributed by atoms with E-state index in [2.05, 4.69) is 19.6 Å². The lowest BCUT2D eigenvalue weighted by molar-refractivity contribution is 0.0686. The second kappa shape index (κ2) is 10.0. The first-order valence-electron chi connectivity index (χ1n) is 12.0. The molecule has 0 spiro atoms. The third kappa shape index (κ3) is 4.48. The molecular formula is C28H31ClN4O. The van der Waals surface area contributed by atoms with Gasteiger partial charge in [0.2, 0.25) is 0 Å². The number of benzene rings is 1. The molecule has 1 saturated heterocycles. The Morgan fingerprint density at radius 1 is 1.32 bits per heavy atom. The smallest absolute Gasteiger partial charge is 0.254 e. The van der Waals surface area contributed by atoms with Crippen molar-refractivity contribution in [2.75, 3.05) is 13.1 Å². The highest BCUT2D eigenvalue weighted by molar-refractivity contribution is 6.31. The molecule has 176 valence electrons. The predicted molar refractivity (Wildman–Crippen MR) is 137 cm³/mol. The van der Waals surface area contributed by atoms with Gasteiger partial charge in [-0.05, 0) is 67.5 Å². The van der Waals surface area contributed by atoms with Gasteiger partial charge in [0, 0.05) is 42.0 Å². The van der Waals surface area contributed by atoms with E-state index in [1.165, 1.54) is 12.8 Å². The maximum atomic E-state index is 13.5. The number of nitrogens with zero attached hydrogens (tertiary/aromatic N) is 4. The second-order valence-corrected chi connectivity index (χ2v) is 9.66. The molecule has 0 aliphatic carbocycles. The van der Waals surface area contributed by atoms with Crippen molar-refractivity contribution in [3.8, 4) is 6.07 Å². The predicted octanol–water partition coefficient (Wildman–Crippen LogP) is 6.36. The number of likely N-dealkylation sites (tertiary alicyclic amines) is 1. The monoisotopic (exact) mass is 474 g/mol. The fourth-order valence-corrected chi connectivity index (χ4v) is 5.34.